The van der Waals surface area contributed by atoms with Crippen molar-refractivity contribution in [3.8, 4) is 11.5 Å². The highest BCUT2D eigenvalue weighted by atomic mass is 35.5. The molecule has 6 heteroatoms. The van der Waals surface area contributed by atoms with Gasteiger partial charge in [-0.1, -0.05) is 12.1 Å². The highest BCUT2D eigenvalue weighted by molar-refractivity contribution is 5.85. The molecule has 0 aromatic heterocycles. The van der Waals surface area contributed by atoms with E-state index in [1.165, 1.54) is 0 Å². The number of hydrogen-bond donors (Lipinski definition) is 1. The van der Waals surface area contributed by atoms with Gasteiger partial charge in [0.1, 0.15) is 6.61 Å². The number of ether oxygens (including phenoxy) is 2. The quantitative estimate of drug-likeness (QED) is 0.833. The number of piperidine rings is 1. The maximum absolute atomic E-state index is 10.9. The number of carboxylic acids is 1. The molecule has 22 heavy (non-hydrogen) atoms. The number of rotatable bonds is 7. The second-order valence-corrected chi connectivity index (χ2v) is 5.18. The molecular weight excluding hydrogens is 306 g/mol. The first-order valence-corrected chi connectivity index (χ1v) is 7.50. The Morgan fingerprint density at radius 3 is 2.36 bits per heavy atom. The van der Waals surface area contributed by atoms with Crippen LogP contribution >= 0.6 is 12.4 Å². The molecule has 1 aliphatic heterocycles. The fourth-order valence-corrected chi connectivity index (χ4v) is 2.53. The Bertz CT molecular complexity index is 461. The van der Waals surface area contributed by atoms with Gasteiger partial charge in [0.2, 0.25) is 0 Å². The maximum atomic E-state index is 10.9. The van der Waals surface area contributed by atoms with Crippen LogP contribution in [-0.4, -0.2) is 48.8 Å². The molecule has 1 fully saturated rings. The molecule has 1 aromatic carbocycles. The lowest BCUT2D eigenvalue weighted by Gasteiger charge is -2.29. The smallest absolute Gasteiger partial charge is 0.306 e. The molecule has 1 aliphatic rings. The van der Waals surface area contributed by atoms with Crippen molar-refractivity contribution in [3.05, 3.63) is 24.3 Å². The van der Waals surface area contributed by atoms with E-state index in [0.717, 1.165) is 44.0 Å². The van der Waals surface area contributed by atoms with Gasteiger partial charge < -0.3 is 14.6 Å². The molecule has 0 aliphatic carbocycles. The summed E-state index contributed by atoms with van der Waals surface area (Å²) in [6.45, 7) is 5.61. The van der Waals surface area contributed by atoms with E-state index in [-0.39, 0.29) is 18.3 Å². The van der Waals surface area contributed by atoms with Crippen molar-refractivity contribution in [2.45, 2.75) is 19.8 Å². The number of carboxylic acid groups (broad SMARTS) is 1. The van der Waals surface area contributed by atoms with E-state index in [2.05, 4.69) is 4.90 Å². The van der Waals surface area contributed by atoms with Crippen molar-refractivity contribution in [2.24, 2.45) is 5.92 Å². The van der Waals surface area contributed by atoms with E-state index >= 15 is 0 Å². The maximum Gasteiger partial charge on any atom is 0.306 e. The molecule has 0 unspecified atom stereocenters. The number of nitrogens with zero attached hydrogens (tertiary/aromatic N) is 1. The highest BCUT2D eigenvalue weighted by Crippen LogP contribution is 2.26. The predicted molar refractivity (Wildman–Crippen MR) is 87.2 cm³/mol. The Morgan fingerprint density at radius 1 is 1.23 bits per heavy atom. The van der Waals surface area contributed by atoms with E-state index in [9.17, 15) is 4.79 Å². The van der Waals surface area contributed by atoms with Crippen LogP contribution in [0.2, 0.25) is 0 Å². The first-order valence-electron chi connectivity index (χ1n) is 7.50. The van der Waals surface area contributed by atoms with Gasteiger partial charge in [-0.25, -0.2) is 0 Å². The molecule has 0 radical (unpaired) electrons. The van der Waals surface area contributed by atoms with Gasteiger partial charge in [-0.15, -0.1) is 12.4 Å². The van der Waals surface area contributed by atoms with Crippen LogP contribution in [0.15, 0.2) is 24.3 Å². The van der Waals surface area contributed by atoms with Gasteiger partial charge in [0.25, 0.3) is 0 Å². The molecule has 1 saturated heterocycles. The van der Waals surface area contributed by atoms with Crippen molar-refractivity contribution in [2.75, 3.05) is 32.8 Å². The predicted octanol–water partition coefficient (Wildman–Crippen LogP) is 2.68. The third-order valence-electron chi connectivity index (χ3n) is 3.75. The van der Waals surface area contributed by atoms with Crippen LogP contribution in [-0.2, 0) is 4.79 Å². The third-order valence-corrected chi connectivity index (χ3v) is 3.75. The minimum Gasteiger partial charge on any atom is -0.490 e. The zero-order chi connectivity index (χ0) is 15.1. The number of halogens is 1. The van der Waals surface area contributed by atoms with Crippen LogP contribution < -0.4 is 9.47 Å². The van der Waals surface area contributed by atoms with E-state index in [1.807, 2.05) is 31.2 Å². The molecule has 5 nitrogen and oxygen atoms in total. The Morgan fingerprint density at radius 2 is 1.82 bits per heavy atom. The van der Waals surface area contributed by atoms with Gasteiger partial charge >= 0.3 is 5.97 Å². The standard InChI is InChI=1S/C16H23NO4.ClH/c1-2-20-14-5-3-4-6-15(14)21-12-11-17-9-7-13(8-10-17)16(18)19;/h3-6,13H,2,7-12H2,1H3,(H,18,19);1H. The van der Waals surface area contributed by atoms with Gasteiger partial charge in [-0.05, 0) is 45.0 Å². The van der Waals surface area contributed by atoms with Crippen LogP contribution in [0.4, 0.5) is 0 Å². The van der Waals surface area contributed by atoms with Gasteiger partial charge in [-0.2, -0.15) is 0 Å². The van der Waals surface area contributed by atoms with Crippen LogP contribution in [0, 0.1) is 5.92 Å². The molecule has 1 N–H and O–H groups in total. The number of carbonyl (C=O) groups is 1. The molecule has 2 rings (SSSR count). The largest absolute Gasteiger partial charge is 0.490 e. The minimum absolute atomic E-state index is 0. The molecule has 0 amide bonds. The molecule has 0 saturated carbocycles. The molecule has 1 heterocycles. The van der Waals surface area contributed by atoms with Gasteiger partial charge in [0, 0.05) is 6.54 Å². The first kappa shape index (κ1) is 18.6. The summed E-state index contributed by atoms with van der Waals surface area (Å²) >= 11 is 0. The fraction of sp³-hybridized carbons (Fsp3) is 0.562. The highest BCUT2D eigenvalue weighted by Gasteiger charge is 2.24. The number of para-hydroxylation sites is 2. The summed E-state index contributed by atoms with van der Waals surface area (Å²) in [7, 11) is 0. The second-order valence-electron chi connectivity index (χ2n) is 5.18. The summed E-state index contributed by atoms with van der Waals surface area (Å²) in [5.74, 6) is 0.682. The van der Waals surface area contributed by atoms with Crippen molar-refractivity contribution in [1.29, 1.82) is 0 Å². The number of hydrogen-bond acceptors (Lipinski definition) is 4. The van der Waals surface area contributed by atoms with Crippen LogP contribution in [0.3, 0.4) is 0 Å². The lowest BCUT2D eigenvalue weighted by molar-refractivity contribution is -0.143. The molecule has 0 bridgehead atoms. The summed E-state index contributed by atoms with van der Waals surface area (Å²) in [6.07, 6.45) is 1.45. The Labute approximate surface area is 137 Å². The summed E-state index contributed by atoms with van der Waals surface area (Å²) < 4.78 is 11.3. The van der Waals surface area contributed by atoms with Crippen molar-refractivity contribution < 1.29 is 19.4 Å². The summed E-state index contributed by atoms with van der Waals surface area (Å²) in [4.78, 5) is 13.2. The average Bonchev–Trinajstić information content (AvgIpc) is 2.50. The Kier molecular flexibility index (Phi) is 8.06. The van der Waals surface area contributed by atoms with E-state index in [4.69, 9.17) is 14.6 Å². The van der Waals surface area contributed by atoms with E-state index in [0.29, 0.717) is 13.2 Å². The van der Waals surface area contributed by atoms with Crippen molar-refractivity contribution >= 4 is 18.4 Å². The van der Waals surface area contributed by atoms with E-state index < -0.39 is 5.97 Å². The van der Waals surface area contributed by atoms with E-state index in [1.54, 1.807) is 0 Å². The van der Waals surface area contributed by atoms with Crippen LogP contribution in [0.5, 0.6) is 11.5 Å². The molecular formula is C16H24ClNO4. The fourth-order valence-electron chi connectivity index (χ4n) is 2.53. The molecule has 0 atom stereocenters. The minimum atomic E-state index is -0.670. The number of benzene rings is 1. The zero-order valence-corrected chi connectivity index (χ0v) is 13.7. The molecule has 1 aromatic rings. The topological polar surface area (TPSA) is 59.0 Å². The third kappa shape index (κ3) is 5.39. The van der Waals surface area contributed by atoms with Gasteiger partial charge in [0.15, 0.2) is 11.5 Å². The van der Waals surface area contributed by atoms with Crippen LogP contribution in [0.25, 0.3) is 0 Å². The van der Waals surface area contributed by atoms with Crippen molar-refractivity contribution in [1.82, 2.24) is 4.90 Å². The normalized spacial score (nSPS) is 15.9. The SMILES string of the molecule is CCOc1ccccc1OCCN1CCC(C(=O)O)CC1.Cl. The second kappa shape index (κ2) is 9.54. The van der Waals surface area contributed by atoms with Gasteiger partial charge in [-0.3, -0.25) is 9.69 Å². The Hall–Kier alpha value is -1.46. The lowest BCUT2D eigenvalue weighted by atomic mass is 9.97. The summed E-state index contributed by atoms with van der Waals surface area (Å²) in [5, 5.41) is 8.97. The molecule has 124 valence electrons. The first-order chi connectivity index (χ1) is 10.2. The zero-order valence-electron chi connectivity index (χ0n) is 12.9. The number of likely N-dealkylation sites (tertiary alicyclic amines) is 1. The summed E-state index contributed by atoms with van der Waals surface area (Å²) in [6, 6.07) is 7.66. The van der Waals surface area contributed by atoms with Crippen LogP contribution in [0.1, 0.15) is 19.8 Å². The molecule has 0 spiro atoms. The van der Waals surface area contributed by atoms with Gasteiger partial charge in [0.05, 0.1) is 12.5 Å². The monoisotopic (exact) mass is 329 g/mol. The lowest BCUT2D eigenvalue weighted by Crippen LogP contribution is -2.38. The van der Waals surface area contributed by atoms with Crippen molar-refractivity contribution in [3.63, 3.8) is 0 Å². The summed E-state index contributed by atoms with van der Waals surface area (Å²) in [5.41, 5.74) is 0. The number of aliphatic carboxylic acids is 1. The Balaban J connectivity index is 0.00000242. The average molecular weight is 330 g/mol.